The Bertz CT molecular complexity index is 1120. The number of H-pyrrole nitrogens is 1. The highest BCUT2D eigenvalue weighted by atomic mass is 35.5. The number of halogens is 2. The summed E-state index contributed by atoms with van der Waals surface area (Å²) in [5.74, 6) is -0.684. The van der Waals surface area contributed by atoms with Gasteiger partial charge in [-0.2, -0.15) is 0 Å². The largest absolute Gasteiger partial charge is 0.354 e. The van der Waals surface area contributed by atoms with Crippen molar-refractivity contribution in [2.45, 2.75) is 4.90 Å². The number of hydrogen-bond acceptors (Lipinski definition) is 5. The van der Waals surface area contributed by atoms with Gasteiger partial charge in [-0.1, -0.05) is 11.6 Å². The van der Waals surface area contributed by atoms with Gasteiger partial charge in [0.25, 0.3) is 5.56 Å². The van der Waals surface area contributed by atoms with Crippen LogP contribution in [-0.2, 0) is 16.9 Å². The van der Waals surface area contributed by atoms with E-state index < -0.39 is 15.7 Å². The summed E-state index contributed by atoms with van der Waals surface area (Å²) < 4.78 is 38.4. The number of sulfone groups is 1. The number of nitrogens with one attached hydrogen (secondary N) is 2. The van der Waals surface area contributed by atoms with Crippen molar-refractivity contribution >= 4 is 43.8 Å². The normalized spacial score (nSPS) is 11.8. The van der Waals surface area contributed by atoms with E-state index in [0.717, 1.165) is 18.4 Å². The van der Waals surface area contributed by atoms with E-state index in [2.05, 4.69) is 15.4 Å². The molecule has 3 rings (SSSR count). The molecule has 0 fully saturated rings. The molecular formula is C14H12ClFN4O3S. The lowest BCUT2D eigenvalue weighted by Gasteiger charge is -2.11. The molecule has 3 aromatic rings. The standard InChI is InChI=1S/C14H12ClFN4O3S/c1-20-14(21)12-9(6-11(15)18-13(12)19-20)17-8-4-3-7(16)5-10(8)24(2,22)23/h3-6H,1-2H3,(H2,17,18,19). The monoisotopic (exact) mass is 370 g/mol. The zero-order valence-corrected chi connectivity index (χ0v) is 14.2. The number of nitrogens with zero attached hydrogens (tertiary/aromatic N) is 2. The lowest BCUT2D eigenvalue weighted by molar-refractivity contribution is 0.596. The van der Waals surface area contributed by atoms with E-state index >= 15 is 0 Å². The van der Waals surface area contributed by atoms with Crippen LogP contribution in [0.5, 0.6) is 0 Å². The fourth-order valence-electron chi connectivity index (χ4n) is 2.34. The molecule has 7 nitrogen and oxygen atoms in total. The maximum Gasteiger partial charge on any atom is 0.277 e. The Labute approximate surface area is 141 Å². The first-order valence-electron chi connectivity index (χ1n) is 6.68. The molecule has 10 heteroatoms. The van der Waals surface area contributed by atoms with Gasteiger partial charge in [-0.3, -0.25) is 14.6 Å². The lowest BCUT2D eigenvalue weighted by Crippen LogP contribution is -2.12. The van der Waals surface area contributed by atoms with Crippen molar-refractivity contribution in [3.63, 3.8) is 0 Å². The van der Waals surface area contributed by atoms with Crippen molar-refractivity contribution < 1.29 is 12.8 Å². The first-order valence-corrected chi connectivity index (χ1v) is 8.95. The number of pyridine rings is 1. The summed E-state index contributed by atoms with van der Waals surface area (Å²) in [5.41, 5.74) is 0.286. The minimum atomic E-state index is -3.69. The van der Waals surface area contributed by atoms with Gasteiger partial charge < -0.3 is 5.32 Å². The number of aromatic amines is 1. The molecule has 0 aliphatic heterocycles. The summed E-state index contributed by atoms with van der Waals surface area (Å²) >= 11 is 5.95. The summed E-state index contributed by atoms with van der Waals surface area (Å²) in [5, 5.41) is 5.90. The predicted molar refractivity (Wildman–Crippen MR) is 89.1 cm³/mol. The second-order valence-electron chi connectivity index (χ2n) is 5.23. The van der Waals surface area contributed by atoms with Crippen LogP contribution in [0.3, 0.4) is 0 Å². The smallest absolute Gasteiger partial charge is 0.277 e. The van der Waals surface area contributed by atoms with Crippen molar-refractivity contribution in [2.24, 2.45) is 7.05 Å². The average Bonchev–Trinajstić information content (AvgIpc) is 2.74. The molecule has 0 spiro atoms. The molecule has 2 heterocycles. The topological polar surface area (TPSA) is 96.8 Å². The third kappa shape index (κ3) is 2.87. The van der Waals surface area contributed by atoms with Gasteiger partial charge in [0.05, 0.1) is 16.3 Å². The van der Waals surface area contributed by atoms with E-state index in [1.54, 1.807) is 0 Å². The number of aromatic nitrogens is 3. The fraction of sp³-hybridized carbons (Fsp3) is 0.143. The number of anilines is 2. The quantitative estimate of drug-likeness (QED) is 0.689. The van der Waals surface area contributed by atoms with Gasteiger partial charge in [0.2, 0.25) is 0 Å². The molecule has 2 N–H and O–H groups in total. The Hall–Kier alpha value is -2.39. The van der Waals surface area contributed by atoms with Crippen LogP contribution in [0.15, 0.2) is 34.0 Å². The number of aryl methyl sites for hydroxylation is 1. The molecule has 0 unspecified atom stereocenters. The van der Waals surface area contributed by atoms with E-state index in [-0.39, 0.29) is 38.0 Å². The van der Waals surface area contributed by atoms with Gasteiger partial charge in [-0.15, -0.1) is 0 Å². The average molecular weight is 371 g/mol. The molecule has 0 aliphatic rings. The molecule has 0 saturated carbocycles. The Morgan fingerprint density at radius 2 is 2.00 bits per heavy atom. The van der Waals surface area contributed by atoms with E-state index in [1.807, 2.05) is 0 Å². The van der Waals surface area contributed by atoms with Crippen molar-refractivity contribution in [1.29, 1.82) is 0 Å². The molecule has 0 radical (unpaired) electrons. The lowest BCUT2D eigenvalue weighted by atomic mass is 10.2. The molecule has 0 atom stereocenters. The first-order chi connectivity index (χ1) is 11.2. The fourth-order valence-corrected chi connectivity index (χ4v) is 3.38. The highest BCUT2D eigenvalue weighted by molar-refractivity contribution is 7.90. The molecule has 1 aromatic carbocycles. The molecule has 0 saturated heterocycles. The van der Waals surface area contributed by atoms with Gasteiger partial charge in [0.1, 0.15) is 16.4 Å². The van der Waals surface area contributed by atoms with Crippen molar-refractivity contribution in [3.8, 4) is 0 Å². The van der Waals surface area contributed by atoms with E-state index in [9.17, 15) is 17.6 Å². The zero-order valence-electron chi connectivity index (χ0n) is 12.6. The molecule has 0 amide bonds. The van der Waals surface area contributed by atoms with Gasteiger partial charge in [0, 0.05) is 13.3 Å². The second kappa shape index (κ2) is 5.60. The Morgan fingerprint density at radius 3 is 2.67 bits per heavy atom. The first kappa shape index (κ1) is 16.5. The molecule has 0 aliphatic carbocycles. The van der Waals surface area contributed by atoms with Crippen LogP contribution in [0.4, 0.5) is 15.8 Å². The van der Waals surface area contributed by atoms with Gasteiger partial charge in [-0.25, -0.2) is 17.8 Å². The molecule has 126 valence electrons. The summed E-state index contributed by atoms with van der Waals surface area (Å²) in [6.45, 7) is 0. The van der Waals surface area contributed by atoms with Crippen LogP contribution in [0.1, 0.15) is 0 Å². The van der Waals surface area contributed by atoms with Crippen molar-refractivity contribution in [2.75, 3.05) is 11.6 Å². The van der Waals surface area contributed by atoms with Crippen LogP contribution in [0, 0.1) is 5.82 Å². The Morgan fingerprint density at radius 1 is 1.29 bits per heavy atom. The number of fused-ring (bicyclic) bond motifs is 1. The summed E-state index contributed by atoms with van der Waals surface area (Å²) in [6.07, 6.45) is 0.970. The Kier molecular flexibility index (Phi) is 3.84. The van der Waals surface area contributed by atoms with Crippen LogP contribution in [0.2, 0.25) is 5.15 Å². The third-order valence-corrected chi connectivity index (χ3v) is 4.72. The second-order valence-corrected chi connectivity index (χ2v) is 7.60. The molecule has 0 bridgehead atoms. The van der Waals surface area contributed by atoms with Crippen molar-refractivity contribution in [1.82, 2.24) is 14.8 Å². The summed E-state index contributed by atoms with van der Waals surface area (Å²) in [7, 11) is -2.17. The molecular weight excluding hydrogens is 359 g/mol. The molecule has 24 heavy (non-hydrogen) atoms. The molecule has 2 aromatic heterocycles. The van der Waals surface area contributed by atoms with Gasteiger partial charge >= 0.3 is 0 Å². The summed E-state index contributed by atoms with van der Waals surface area (Å²) in [4.78, 5) is 16.0. The van der Waals surface area contributed by atoms with Crippen LogP contribution >= 0.6 is 11.6 Å². The van der Waals surface area contributed by atoms with Gasteiger partial charge in [0.15, 0.2) is 15.5 Å². The van der Waals surface area contributed by atoms with E-state index in [0.29, 0.717) is 0 Å². The highest BCUT2D eigenvalue weighted by Gasteiger charge is 2.18. The number of hydrogen-bond donors (Lipinski definition) is 2. The van der Waals surface area contributed by atoms with Crippen molar-refractivity contribution in [3.05, 3.63) is 45.6 Å². The maximum atomic E-state index is 13.4. The van der Waals surface area contributed by atoms with Crippen LogP contribution < -0.4 is 10.9 Å². The highest BCUT2D eigenvalue weighted by Crippen LogP contribution is 2.29. The minimum Gasteiger partial charge on any atom is -0.354 e. The summed E-state index contributed by atoms with van der Waals surface area (Å²) in [6, 6.07) is 4.71. The van der Waals surface area contributed by atoms with E-state index in [4.69, 9.17) is 11.6 Å². The predicted octanol–water partition coefficient (Wildman–Crippen LogP) is 2.20. The number of benzene rings is 1. The third-order valence-electron chi connectivity index (χ3n) is 3.39. The maximum absolute atomic E-state index is 13.4. The van der Waals surface area contributed by atoms with Gasteiger partial charge in [-0.05, 0) is 24.3 Å². The minimum absolute atomic E-state index is 0.106. The van der Waals surface area contributed by atoms with E-state index in [1.165, 1.54) is 23.9 Å². The SMILES string of the molecule is Cn1[nH]c2nc(Cl)cc(Nc3ccc(F)cc3S(C)(=O)=O)c2c1=O. The Balaban J connectivity index is 2.24. The zero-order chi connectivity index (χ0) is 17.6. The number of rotatable bonds is 3. The van der Waals surface area contributed by atoms with Crippen LogP contribution in [0.25, 0.3) is 11.0 Å². The van der Waals surface area contributed by atoms with Crippen LogP contribution in [-0.4, -0.2) is 29.4 Å².